The van der Waals surface area contributed by atoms with Gasteiger partial charge in [-0.15, -0.1) is 0 Å². The van der Waals surface area contributed by atoms with Crippen LogP contribution in [0.3, 0.4) is 0 Å². The van der Waals surface area contributed by atoms with Crippen molar-refractivity contribution in [2.45, 2.75) is 23.6 Å². The van der Waals surface area contributed by atoms with Crippen LogP contribution in [-0.2, 0) is 10.0 Å². The normalized spacial score (nSPS) is 13.1. The Bertz CT molecular complexity index is 563. The molecule has 0 amide bonds. The topological polar surface area (TPSA) is 49.7 Å². The van der Waals surface area contributed by atoms with Crippen molar-refractivity contribution in [1.82, 2.24) is 4.31 Å². The highest BCUT2D eigenvalue weighted by molar-refractivity contribution is 8.14. The van der Waals surface area contributed by atoms with Gasteiger partial charge in [-0.05, 0) is 31.5 Å². The average Bonchev–Trinajstić information content (AvgIpc) is 2.31. The van der Waals surface area contributed by atoms with Gasteiger partial charge in [-0.2, -0.15) is 0 Å². The SMILES string of the molecule is CN=C(C)Sc1cc(S(=O)(=O)N(C)C)ccc1C. The van der Waals surface area contributed by atoms with Gasteiger partial charge in [0.2, 0.25) is 10.0 Å². The van der Waals surface area contributed by atoms with Gasteiger partial charge in [0, 0.05) is 26.0 Å². The molecule has 0 aliphatic carbocycles. The van der Waals surface area contributed by atoms with E-state index in [4.69, 9.17) is 0 Å². The Hall–Kier alpha value is -0.850. The fourth-order valence-electron chi connectivity index (χ4n) is 1.27. The van der Waals surface area contributed by atoms with E-state index < -0.39 is 10.0 Å². The lowest BCUT2D eigenvalue weighted by Gasteiger charge is -2.13. The van der Waals surface area contributed by atoms with Crippen molar-refractivity contribution in [1.29, 1.82) is 0 Å². The molecular weight excluding hydrogens is 268 g/mol. The summed E-state index contributed by atoms with van der Waals surface area (Å²) in [7, 11) is 1.40. The minimum absolute atomic E-state index is 0.310. The summed E-state index contributed by atoms with van der Waals surface area (Å²) in [6, 6.07) is 5.15. The van der Waals surface area contributed by atoms with Crippen LogP contribution < -0.4 is 0 Å². The van der Waals surface area contributed by atoms with Gasteiger partial charge in [0.25, 0.3) is 0 Å². The maximum atomic E-state index is 12.0. The summed E-state index contributed by atoms with van der Waals surface area (Å²) in [5.41, 5.74) is 1.04. The molecule has 0 aromatic heterocycles. The maximum Gasteiger partial charge on any atom is 0.242 e. The van der Waals surface area contributed by atoms with Gasteiger partial charge in [0.15, 0.2) is 0 Å². The maximum absolute atomic E-state index is 12.0. The number of aliphatic imine (C=N–C) groups is 1. The summed E-state index contributed by atoms with van der Waals surface area (Å²) in [6.45, 7) is 3.86. The second-order valence-electron chi connectivity index (χ2n) is 4.06. The van der Waals surface area contributed by atoms with Crippen LogP contribution in [0.25, 0.3) is 0 Å². The Kier molecular flexibility index (Phi) is 4.95. The highest BCUT2D eigenvalue weighted by Crippen LogP contribution is 2.27. The molecule has 4 nitrogen and oxygen atoms in total. The first-order chi connectivity index (χ1) is 8.28. The van der Waals surface area contributed by atoms with Crippen molar-refractivity contribution in [3.8, 4) is 0 Å². The van der Waals surface area contributed by atoms with E-state index in [1.165, 1.54) is 30.2 Å². The van der Waals surface area contributed by atoms with Crippen LogP contribution in [0.2, 0.25) is 0 Å². The smallest absolute Gasteiger partial charge is 0.242 e. The summed E-state index contributed by atoms with van der Waals surface area (Å²) in [5, 5.41) is 0.900. The summed E-state index contributed by atoms with van der Waals surface area (Å²) in [6.07, 6.45) is 0. The Morgan fingerprint density at radius 1 is 1.33 bits per heavy atom. The fourth-order valence-corrected chi connectivity index (χ4v) is 3.09. The zero-order chi connectivity index (χ0) is 13.9. The number of nitrogens with zero attached hydrogens (tertiary/aromatic N) is 2. The molecule has 0 spiro atoms. The molecule has 100 valence electrons. The standard InChI is InChI=1S/C12H18N2O2S2/c1-9-6-7-11(18(15,16)14(4)5)8-12(9)17-10(2)13-3/h6-8H,1-5H3. The molecule has 0 aliphatic heterocycles. The molecule has 0 bridgehead atoms. The Morgan fingerprint density at radius 2 is 1.94 bits per heavy atom. The first-order valence-corrected chi connectivity index (χ1v) is 7.69. The first kappa shape index (κ1) is 15.2. The van der Waals surface area contributed by atoms with Crippen LogP contribution in [0.4, 0.5) is 0 Å². The molecule has 0 unspecified atom stereocenters. The number of benzene rings is 1. The van der Waals surface area contributed by atoms with Crippen molar-refractivity contribution in [2.75, 3.05) is 21.1 Å². The van der Waals surface area contributed by atoms with Gasteiger partial charge in [-0.25, -0.2) is 12.7 Å². The van der Waals surface area contributed by atoms with Crippen molar-refractivity contribution >= 4 is 26.8 Å². The number of sulfonamides is 1. The van der Waals surface area contributed by atoms with Crippen molar-refractivity contribution in [3.63, 3.8) is 0 Å². The fraction of sp³-hybridized carbons (Fsp3) is 0.417. The molecule has 0 fully saturated rings. The van der Waals surface area contributed by atoms with Crippen LogP contribution in [0.1, 0.15) is 12.5 Å². The molecule has 0 heterocycles. The van der Waals surface area contributed by atoms with Crippen molar-refractivity contribution in [3.05, 3.63) is 23.8 Å². The molecule has 0 saturated heterocycles. The quantitative estimate of drug-likeness (QED) is 0.487. The van der Waals surface area contributed by atoms with E-state index in [-0.39, 0.29) is 0 Å². The van der Waals surface area contributed by atoms with E-state index in [0.717, 1.165) is 15.5 Å². The summed E-state index contributed by atoms with van der Waals surface area (Å²) < 4.78 is 25.3. The van der Waals surface area contributed by atoms with Gasteiger partial charge in [-0.1, -0.05) is 17.8 Å². The number of rotatable bonds is 3. The lowest BCUT2D eigenvalue weighted by molar-refractivity contribution is 0.520. The lowest BCUT2D eigenvalue weighted by atomic mass is 10.2. The highest BCUT2D eigenvalue weighted by Gasteiger charge is 2.18. The molecule has 1 rings (SSSR count). The number of thioether (sulfide) groups is 1. The van der Waals surface area contributed by atoms with Crippen LogP contribution >= 0.6 is 11.8 Å². The number of aryl methyl sites for hydroxylation is 1. The predicted octanol–water partition coefficient (Wildman–Crippen LogP) is 2.39. The van der Waals surface area contributed by atoms with Gasteiger partial charge in [-0.3, -0.25) is 4.99 Å². The minimum atomic E-state index is -3.38. The first-order valence-electron chi connectivity index (χ1n) is 5.43. The van der Waals surface area contributed by atoms with Gasteiger partial charge in [0.1, 0.15) is 0 Å². The Morgan fingerprint density at radius 3 is 2.44 bits per heavy atom. The molecule has 18 heavy (non-hydrogen) atoms. The monoisotopic (exact) mass is 286 g/mol. The summed E-state index contributed by atoms with van der Waals surface area (Å²) >= 11 is 1.48. The minimum Gasteiger partial charge on any atom is -0.286 e. The molecule has 0 aliphatic rings. The Balaban J connectivity index is 3.24. The summed E-state index contributed by atoms with van der Waals surface area (Å²) in [4.78, 5) is 5.30. The van der Waals surface area contributed by atoms with Gasteiger partial charge in [0.05, 0.1) is 9.94 Å². The van der Waals surface area contributed by atoms with Crippen LogP contribution in [-0.4, -0.2) is 38.9 Å². The van der Waals surface area contributed by atoms with E-state index >= 15 is 0 Å². The zero-order valence-corrected chi connectivity index (χ0v) is 12.9. The summed E-state index contributed by atoms with van der Waals surface area (Å²) in [5.74, 6) is 0. The Labute approximate surface area is 113 Å². The van der Waals surface area contributed by atoms with Crippen LogP contribution in [0.5, 0.6) is 0 Å². The molecule has 0 atom stereocenters. The zero-order valence-electron chi connectivity index (χ0n) is 11.3. The predicted molar refractivity (Wildman–Crippen MR) is 76.9 cm³/mol. The van der Waals surface area contributed by atoms with Gasteiger partial charge < -0.3 is 0 Å². The molecule has 0 radical (unpaired) electrons. The molecule has 0 N–H and O–H groups in total. The lowest BCUT2D eigenvalue weighted by Crippen LogP contribution is -2.22. The largest absolute Gasteiger partial charge is 0.286 e. The molecule has 6 heteroatoms. The third-order valence-electron chi connectivity index (χ3n) is 2.51. The van der Waals surface area contributed by atoms with E-state index in [1.807, 2.05) is 19.9 Å². The molecule has 0 saturated carbocycles. The van der Waals surface area contributed by atoms with Crippen LogP contribution in [0.15, 0.2) is 33.0 Å². The third-order valence-corrected chi connectivity index (χ3v) is 5.46. The third kappa shape index (κ3) is 3.34. The second kappa shape index (κ2) is 5.86. The van der Waals surface area contributed by atoms with Crippen LogP contribution in [0, 0.1) is 6.92 Å². The molecule has 1 aromatic carbocycles. The van der Waals surface area contributed by atoms with E-state index in [9.17, 15) is 8.42 Å². The average molecular weight is 286 g/mol. The van der Waals surface area contributed by atoms with E-state index in [2.05, 4.69) is 4.99 Å². The van der Waals surface area contributed by atoms with Crippen molar-refractivity contribution in [2.24, 2.45) is 4.99 Å². The van der Waals surface area contributed by atoms with E-state index in [1.54, 1.807) is 19.2 Å². The van der Waals surface area contributed by atoms with Gasteiger partial charge >= 0.3 is 0 Å². The molecule has 1 aromatic rings. The highest BCUT2D eigenvalue weighted by atomic mass is 32.2. The van der Waals surface area contributed by atoms with Crippen molar-refractivity contribution < 1.29 is 8.42 Å². The number of hydrogen-bond donors (Lipinski definition) is 0. The number of hydrogen-bond acceptors (Lipinski definition) is 4. The van der Waals surface area contributed by atoms with E-state index in [0.29, 0.717) is 4.90 Å². The molecular formula is C12H18N2O2S2. The second-order valence-corrected chi connectivity index (χ2v) is 7.45.